The fraction of sp³-hybridized carbons (Fsp3) is 0.409. The Balaban J connectivity index is 1.72. The van der Waals surface area contributed by atoms with Crippen molar-refractivity contribution >= 4 is 23.4 Å². The third-order valence-electron chi connectivity index (χ3n) is 5.32. The Hall–Kier alpha value is -2.78. The second kappa shape index (κ2) is 7.92. The zero-order valence-electron chi connectivity index (χ0n) is 16.9. The van der Waals surface area contributed by atoms with Gasteiger partial charge in [-0.05, 0) is 57.4 Å². The first-order chi connectivity index (χ1) is 13.6. The Morgan fingerprint density at radius 2 is 2.00 bits per heavy atom. The van der Waals surface area contributed by atoms with Crippen molar-refractivity contribution in [2.24, 2.45) is 5.41 Å². The third-order valence-corrected chi connectivity index (χ3v) is 5.62. The standard InChI is InChI=1S/C22H25ClN4O2/c1-21(2,3)27(20(28)29)14-22(8-9-22)13-26-17-10-18(19(23)25-12-17)16-6-4-15(11-24)5-7-16/h4-7,10,12,26H,8-9,13-14H2,1-3H3,(H,28,29). The van der Waals surface area contributed by atoms with Gasteiger partial charge in [0.05, 0.1) is 23.5 Å². The molecule has 6 nitrogen and oxygen atoms in total. The minimum atomic E-state index is -0.889. The van der Waals surface area contributed by atoms with Crippen LogP contribution in [-0.4, -0.2) is 39.7 Å². The lowest BCUT2D eigenvalue weighted by atomic mass is 10.0. The average Bonchev–Trinajstić information content (AvgIpc) is 3.45. The summed E-state index contributed by atoms with van der Waals surface area (Å²) in [5.74, 6) is 0. The van der Waals surface area contributed by atoms with Crippen molar-refractivity contribution in [1.82, 2.24) is 9.88 Å². The van der Waals surface area contributed by atoms with Crippen LogP contribution in [0.5, 0.6) is 0 Å². The maximum absolute atomic E-state index is 11.7. The molecular weight excluding hydrogens is 388 g/mol. The summed E-state index contributed by atoms with van der Waals surface area (Å²) in [6, 6.07) is 11.2. The van der Waals surface area contributed by atoms with E-state index in [-0.39, 0.29) is 5.41 Å². The number of rotatable bonds is 6. The number of nitriles is 1. The van der Waals surface area contributed by atoms with E-state index in [0.717, 1.165) is 29.7 Å². The van der Waals surface area contributed by atoms with Gasteiger partial charge in [0.2, 0.25) is 0 Å². The number of hydrogen-bond donors (Lipinski definition) is 2. The van der Waals surface area contributed by atoms with Crippen molar-refractivity contribution in [2.45, 2.75) is 39.2 Å². The molecule has 0 bridgehead atoms. The summed E-state index contributed by atoms with van der Waals surface area (Å²) in [5.41, 5.74) is 2.59. The fourth-order valence-corrected chi connectivity index (χ4v) is 3.47. The number of hydrogen-bond acceptors (Lipinski definition) is 4. The topological polar surface area (TPSA) is 89.3 Å². The van der Waals surface area contributed by atoms with Gasteiger partial charge in [-0.25, -0.2) is 9.78 Å². The zero-order valence-corrected chi connectivity index (χ0v) is 17.6. The van der Waals surface area contributed by atoms with Crippen molar-refractivity contribution < 1.29 is 9.90 Å². The van der Waals surface area contributed by atoms with Crippen LogP contribution in [0, 0.1) is 16.7 Å². The van der Waals surface area contributed by atoms with Gasteiger partial charge in [-0.1, -0.05) is 23.7 Å². The molecule has 1 aromatic carbocycles. The molecule has 3 rings (SSSR count). The van der Waals surface area contributed by atoms with Crippen LogP contribution in [0.2, 0.25) is 5.15 Å². The third kappa shape index (κ3) is 4.99. The number of benzene rings is 1. The molecule has 0 radical (unpaired) electrons. The highest BCUT2D eigenvalue weighted by Crippen LogP contribution is 2.47. The van der Waals surface area contributed by atoms with Gasteiger partial charge in [-0.15, -0.1) is 0 Å². The first kappa shape index (κ1) is 20.9. The van der Waals surface area contributed by atoms with E-state index in [2.05, 4.69) is 16.4 Å². The molecule has 0 aliphatic heterocycles. The molecule has 2 N–H and O–H groups in total. The molecule has 0 saturated heterocycles. The van der Waals surface area contributed by atoms with Crippen molar-refractivity contribution in [3.8, 4) is 17.2 Å². The number of carboxylic acid groups (broad SMARTS) is 1. The molecule has 1 aliphatic rings. The zero-order chi connectivity index (χ0) is 21.2. The maximum atomic E-state index is 11.7. The largest absolute Gasteiger partial charge is 0.465 e. The number of amides is 1. The predicted molar refractivity (Wildman–Crippen MR) is 114 cm³/mol. The van der Waals surface area contributed by atoms with Crippen molar-refractivity contribution in [2.75, 3.05) is 18.4 Å². The summed E-state index contributed by atoms with van der Waals surface area (Å²) in [4.78, 5) is 17.5. The second-order valence-electron chi connectivity index (χ2n) is 8.64. The van der Waals surface area contributed by atoms with Crippen molar-refractivity contribution in [3.05, 3.63) is 47.2 Å². The highest BCUT2D eigenvalue weighted by Gasteiger charge is 2.46. The van der Waals surface area contributed by atoms with E-state index >= 15 is 0 Å². The summed E-state index contributed by atoms with van der Waals surface area (Å²) in [6.45, 7) is 6.91. The van der Waals surface area contributed by atoms with Gasteiger partial charge in [0, 0.05) is 29.6 Å². The lowest BCUT2D eigenvalue weighted by Crippen LogP contribution is -2.48. The maximum Gasteiger partial charge on any atom is 0.407 e. The summed E-state index contributed by atoms with van der Waals surface area (Å²) < 4.78 is 0. The summed E-state index contributed by atoms with van der Waals surface area (Å²) in [7, 11) is 0. The number of nitrogens with zero attached hydrogens (tertiary/aromatic N) is 3. The Morgan fingerprint density at radius 1 is 1.34 bits per heavy atom. The molecule has 0 spiro atoms. The molecule has 1 aliphatic carbocycles. The minimum Gasteiger partial charge on any atom is -0.465 e. The molecule has 1 saturated carbocycles. The SMILES string of the molecule is CC(C)(C)N(CC1(CNc2cnc(Cl)c(-c3ccc(C#N)cc3)c2)CC1)C(=O)O. The van der Waals surface area contributed by atoms with Gasteiger partial charge in [-0.2, -0.15) is 5.26 Å². The van der Waals surface area contributed by atoms with Crippen molar-refractivity contribution in [3.63, 3.8) is 0 Å². The molecule has 0 atom stereocenters. The highest BCUT2D eigenvalue weighted by molar-refractivity contribution is 6.32. The van der Waals surface area contributed by atoms with Gasteiger partial charge in [-0.3, -0.25) is 0 Å². The normalized spacial score (nSPS) is 14.7. The average molecular weight is 413 g/mol. The smallest absolute Gasteiger partial charge is 0.407 e. The number of pyridine rings is 1. The fourth-order valence-electron chi connectivity index (χ4n) is 3.26. The molecule has 7 heteroatoms. The van der Waals surface area contributed by atoms with Gasteiger partial charge < -0.3 is 15.3 Å². The van der Waals surface area contributed by atoms with E-state index in [9.17, 15) is 9.90 Å². The molecule has 1 heterocycles. The van der Waals surface area contributed by atoms with E-state index in [1.165, 1.54) is 4.90 Å². The molecule has 0 unspecified atom stereocenters. The van der Waals surface area contributed by atoms with Gasteiger partial charge in [0.1, 0.15) is 5.15 Å². The molecule has 29 heavy (non-hydrogen) atoms. The van der Waals surface area contributed by atoms with Gasteiger partial charge >= 0.3 is 6.09 Å². The summed E-state index contributed by atoms with van der Waals surface area (Å²) in [5, 5.41) is 22.3. The van der Waals surface area contributed by atoms with Crippen LogP contribution in [0.15, 0.2) is 36.5 Å². The monoisotopic (exact) mass is 412 g/mol. The summed E-state index contributed by atoms with van der Waals surface area (Å²) >= 11 is 6.28. The molecular formula is C22H25ClN4O2. The molecule has 1 fully saturated rings. The van der Waals surface area contributed by atoms with E-state index in [1.807, 2.05) is 39.0 Å². The molecule has 152 valence electrons. The van der Waals surface area contributed by atoms with Crippen LogP contribution in [0.4, 0.5) is 10.5 Å². The van der Waals surface area contributed by atoms with Gasteiger partial charge in [0.25, 0.3) is 0 Å². The van der Waals surface area contributed by atoms with Crippen LogP contribution in [0.1, 0.15) is 39.2 Å². The first-order valence-corrected chi connectivity index (χ1v) is 9.92. The molecule has 1 aromatic heterocycles. The predicted octanol–water partition coefficient (Wildman–Crippen LogP) is 5.24. The van der Waals surface area contributed by atoms with Gasteiger partial charge in [0.15, 0.2) is 0 Å². The Labute approximate surface area is 176 Å². The van der Waals surface area contributed by atoms with E-state index in [4.69, 9.17) is 16.9 Å². The molecule has 1 amide bonds. The lowest BCUT2D eigenvalue weighted by Gasteiger charge is -2.36. The number of anilines is 1. The van der Waals surface area contributed by atoms with Crippen LogP contribution in [0.25, 0.3) is 11.1 Å². The number of carbonyl (C=O) groups is 1. The van der Waals surface area contributed by atoms with Crippen LogP contribution >= 0.6 is 11.6 Å². The highest BCUT2D eigenvalue weighted by atomic mass is 35.5. The van der Waals surface area contributed by atoms with Crippen LogP contribution < -0.4 is 5.32 Å². The van der Waals surface area contributed by atoms with Crippen LogP contribution in [-0.2, 0) is 0 Å². The van der Waals surface area contributed by atoms with E-state index < -0.39 is 11.6 Å². The quantitative estimate of drug-likeness (QED) is 0.633. The Bertz CT molecular complexity index is 941. The van der Waals surface area contributed by atoms with Crippen LogP contribution in [0.3, 0.4) is 0 Å². The second-order valence-corrected chi connectivity index (χ2v) is 9.00. The lowest BCUT2D eigenvalue weighted by molar-refractivity contribution is 0.0866. The Morgan fingerprint density at radius 3 is 2.52 bits per heavy atom. The first-order valence-electron chi connectivity index (χ1n) is 9.54. The van der Waals surface area contributed by atoms with E-state index in [1.54, 1.807) is 18.3 Å². The van der Waals surface area contributed by atoms with E-state index in [0.29, 0.717) is 23.8 Å². The number of aromatic nitrogens is 1. The van der Waals surface area contributed by atoms with Crippen molar-refractivity contribution in [1.29, 1.82) is 5.26 Å². The number of nitrogens with one attached hydrogen (secondary N) is 1. The number of halogens is 1. The molecule has 2 aromatic rings. The minimum absolute atomic E-state index is 0.0556. The summed E-state index contributed by atoms with van der Waals surface area (Å²) in [6.07, 6.45) is 2.77. The Kier molecular flexibility index (Phi) is 5.72.